The summed E-state index contributed by atoms with van der Waals surface area (Å²) in [5.74, 6) is 0.833. The highest BCUT2D eigenvalue weighted by atomic mass is 32.1. The van der Waals surface area contributed by atoms with E-state index in [0.29, 0.717) is 13.2 Å². The van der Waals surface area contributed by atoms with Crippen LogP contribution in [-0.4, -0.2) is 18.1 Å². The van der Waals surface area contributed by atoms with Gasteiger partial charge in [-0.3, -0.25) is 0 Å². The molecule has 1 aromatic carbocycles. The third-order valence-corrected chi connectivity index (χ3v) is 3.21. The van der Waals surface area contributed by atoms with Gasteiger partial charge in [-0.25, -0.2) is 4.98 Å². The largest absolute Gasteiger partial charge is 0.492 e. The van der Waals surface area contributed by atoms with E-state index in [4.69, 9.17) is 10.5 Å². The molecule has 4 nitrogen and oxygen atoms in total. The Balaban J connectivity index is 1.97. The number of benzene rings is 1. The molecule has 18 heavy (non-hydrogen) atoms. The Morgan fingerprint density at radius 2 is 2.11 bits per heavy atom. The zero-order chi connectivity index (χ0) is 12.8. The lowest BCUT2D eigenvalue weighted by Crippen LogP contribution is -2.10. The van der Waals surface area contributed by atoms with Crippen LogP contribution in [0.3, 0.4) is 0 Å². The first-order chi connectivity index (χ1) is 8.81. The maximum atomic E-state index is 5.42. The number of nitrogens with zero attached hydrogens (tertiary/aromatic N) is 1. The van der Waals surface area contributed by atoms with Crippen molar-refractivity contribution < 1.29 is 4.74 Å². The maximum Gasteiger partial charge on any atom is 0.187 e. The third-order valence-electron chi connectivity index (χ3n) is 2.41. The molecule has 0 amide bonds. The zero-order valence-electron chi connectivity index (χ0n) is 10.3. The van der Waals surface area contributed by atoms with E-state index in [2.05, 4.69) is 22.6 Å². The van der Waals surface area contributed by atoms with Crippen molar-refractivity contribution in [1.82, 2.24) is 4.98 Å². The molecule has 1 aromatic heterocycles. The smallest absolute Gasteiger partial charge is 0.187 e. The minimum absolute atomic E-state index is 0.527. The van der Waals surface area contributed by atoms with Gasteiger partial charge in [0, 0.05) is 17.6 Å². The standard InChI is InChI=1S/C13H17N3OS/c1-2-10-9-18-13(15-10)16-11-3-5-12(6-4-11)17-8-7-14/h3-6,9H,2,7-8,14H2,1H3,(H,15,16). The molecule has 3 N–H and O–H groups in total. The Hall–Kier alpha value is -1.59. The maximum absolute atomic E-state index is 5.42. The summed E-state index contributed by atoms with van der Waals surface area (Å²) in [5, 5.41) is 6.26. The predicted molar refractivity (Wildman–Crippen MR) is 75.8 cm³/mol. The molecule has 0 unspecified atom stereocenters. The fraction of sp³-hybridized carbons (Fsp3) is 0.308. The lowest BCUT2D eigenvalue weighted by molar-refractivity contribution is 0.328. The number of rotatable bonds is 6. The van der Waals surface area contributed by atoms with E-state index in [9.17, 15) is 0 Å². The molecule has 0 radical (unpaired) electrons. The van der Waals surface area contributed by atoms with Gasteiger partial charge >= 0.3 is 0 Å². The van der Waals surface area contributed by atoms with Crippen molar-refractivity contribution in [3.05, 3.63) is 35.3 Å². The minimum Gasteiger partial charge on any atom is -0.492 e. The number of nitrogens with two attached hydrogens (primary N) is 1. The number of aryl methyl sites for hydroxylation is 1. The van der Waals surface area contributed by atoms with Crippen LogP contribution < -0.4 is 15.8 Å². The van der Waals surface area contributed by atoms with E-state index in [-0.39, 0.29) is 0 Å². The fourth-order valence-electron chi connectivity index (χ4n) is 1.46. The summed E-state index contributed by atoms with van der Waals surface area (Å²) in [6, 6.07) is 7.79. The Kier molecular flexibility index (Phi) is 4.55. The van der Waals surface area contributed by atoms with Crippen LogP contribution in [0.4, 0.5) is 10.8 Å². The summed E-state index contributed by atoms with van der Waals surface area (Å²) in [5.41, 5.74) is 7.50. The van der Waals surface area contributed by atoms with Crippen LogP contribution in [-0.2, 0) is 6.42 Å². The summed E-state index contributed by atoms with van der Waals surface area (Å²) >= 11 is 1.62. The number of anilines is 2. The highest BCUT2D eigenvalue weighted by molar-refractivity contribution is 7.13. The molecular weight excluding hydrogens is 246 g/mol. The Labute approximate surface area is 111 Å². The lowest BCUT2D eigenvalue weighted by atomic mass is 10.3. The first kappa shape index (κ1) is 12.9. The quantitative estimate of drug-likeness (QED) is 0.841. The van der Waals surface area contributed by atoms with Gasteiger partial charge in [-0.2, -0.15) is 0 Å². The van der Waals surface area contributed by atoms with Gasteiger partial charge in [0.2, 0.25) is 0 Å². The van der Waals surface area contributed by atoms with Gasteiger partial charge in [0.1, 0.15) is 12.4 Å². The summed E-state index contributed by atoms with van der Waals surface area (Å²) < 4.78 is 5.42. The van der Waals surface area contributed by atoms with Crippen LogP contribution in [0.2, 0.25) is 0 Å². The summed E-state index contributed by atoms with van der Waals surface area (Å²) in [6.07, 6.45) is 0.962. The molecule has 2 rings (SSSR count). The molecule has 0 atom stereocenters. The van der Waals surface area contributed by atoms with Crippen molar-refractivity contribution in [3.63, 3.8) is 0 Å². The number of hydrogen-bond acceptors (Lipinski definition) is 5. The minimum atomic E-state index is 0.527. The number of ether oxygens (including phenoxy) is 1. The van der Waals surface area contributed by atoms with Crippen molar-refractivity contribution in [2.24, 2.45) is 5.73 Å². The summed E-state index contributed by atoms with van der Waals surface area (Å²) in [7, 11) is 0. The Bertz CT molecular complexity index is 481. The summed E-state index contributed by atoms with van der Waals surface area (Å²) in [4.78, 5) is 4.46. The monoisotopic (exact) mass is 263 g/mol. The van der Waals surface area contributed by atoms with Gasteiger partial charge in [-0.15, -0.1) is 11.3 Å². The van der Waals surface area contributed by atoms with Gasteiger partial charge < -0.3 is 15.8 Å². The second kappa shape index (κ2) is 6.37. The first-order valence-corrected chi connectivity index (χ1v) is 6.84. The highest BCUT2D eigenvalue weighted by Gasteiger charge is 2.01. The molecule has 0 bridgehead atoms. The van der Waals surface area contributed by atoms with Gasteiger partial charge in [-0.05, 0) is 30.7 Å². The number of nitrogens with one attached hydrogen (secondary N) is 1. The average Bonchev–Trinajstić information content (AvgIpc) is 2.86. The van der Waals surface area contributed by atoms with Crippen molar-refractivity contribution in [2.45, 2.75) is 13.3 Å². The van der Waals surface area contributed by atoms with E-state index in [1.54, 1.807) is 11.3 Å². The molecule has 0 saturated heterocycles. The molecule has 96 valence electrons. The topological polar surface area (TPSA) is 60.2 Å². The molecule has 1 heterocycles. The highest BCUT2D eigenvalue weighted by Crippen LogP contribution is 2.23. The predicted octanol–water partition coefficient (Wildman–Crippen LogP) is 2.79. The van der Waals surface area contributed by atoms with Crippen molar-refractivity contribution in [3.8, 4) is 5.75 Å². The molecular formula is C13H17N3OS. The van der Waals surface area contributed by atoms with E-state index >= 15 is 0 Å². The molecule has 0 aliphatic heterocycles. The molecule has 0 fully saturated rings. The molecule has 0 aliphatic carbocycles. The van der Waals surface area contributed by atoms with E-state index in [0.717, 1.165) is 28.7 Å². The Morgan fingerprint density at radius 1 is 1.33 bits per heavy atom. The van der Waals surface area contributed by atoms with Crippen molar-refractivity contribution >= 4 is 22.2 Å². The van der Waals surface area contributed by atoms with Crippen LogP contribution in [0, 0.1) is 0 Å². The molecule has 0 saturated carbocycles. The van der Waals surface area contributed by atoms with Gasteiger partial charge in [-0.1, -0.05) is 6.92 Å². The van der Waals surface area contributed by atoms with Crippen LogP contribution in [0.5, 0.6) is 5.75 Å². The van der Waals surface area contributed by atoms with Crippen molar-refractivity contribution in [2.75, 3.05) is 18.5 Å². The fourth-order valence-corrected chi connectivity index (χ4v) is 2.28. The van der Waals surface area contributed by atoms with Crippen molar-refractivity contribution in [1.29, 1.82) is 0 Å². The number of thiazole rings is 1. The van der Waals surface area contributed by atoms with Crippen LogP contribution in [0.25, 0.3) is 0 Å². The summed E-state index contributed by atoms with van der Waals surface area (Å²) in [6.45, 7) is 3.17. The van der Waals surface area contributed by atoms with Crippen LogP contribution in [0.1, 0.15) is 12.6 Å². The molecule has 2 aromatic rings. The van der Waals surface area contributed by atoms with E-state index < -0.39 is 0 Å². The van der Waals surface area contributed by atoms with Gasteiger partial charge in [0.15, 0.2) is 5.13 Å². The van der Waals surface area contributed by atoms with E-state index in [1.807, 2.05) is 24.3 Å². The van der Waals surface area contributed by atoms with E-state index in [1.165, 1.54) is 0 Å². The van der Waals surface area contributed by atoms with Crippen LogP contribution >= 0.6 is 11.3 Å². The first-order valence-electron chi connectivity index (χ1n) is 5.96. The second-order valence-electron chi connectivity index (χ2n) is 3.78. The zero-order valence-corrected chi connectivity index (χ0v) is 11.2. The molecule has 0 spiro atoms. The molecule has 0 aliphatic rings. The van der Waals surface area contributed by atoms with Gasteiger partial charge in [0.05, 0.1) is 5.69 Å². The lowest BCUT2D eigenvalue weighted by Gasteiger charge is -2.06. The number of hydrogen-bond donors (Lipinski definition) is 2. The second-order valence-corrected chi connectivity index (χ2v) is 4.64. The normalized spacial score (nSPS) is 10.3. The third kappa shape index (κ3) is 3.45. The average molecular weight is 263 g/mol. The SMILES string of the molecule is CCc1csc(Nc2ccc(OCCN)cc2)n1. The Morgan fingerprint density at radius 3 is 2.72 bits per heavy atom. The number of aromatic nitrogens is 1. The van der Waals surface area contributed by atoms with Crippen LogP contribution in [0.15, 0.2) is 29.6 Å². The van der Waals surface area contributed by atoms with Gasteiger partial charge in [0.25, 0.3) is 0 Å². The molecule has 5 heteroatoms.